The van der Waals surface area contributed by atoms with Crippen LogP contribution in [0.5, 0.6) is 0 Å². The molecule has 0 bridgehead atoms. The zero-order chi connectivity index (χ0) is 16.0. The number of benzene rings is 1. The molecule has 0 aliphatic carbocycles. The van der Waals surface area contributed by atoms with Gasteiger partial charge in [0, 0.05) is 22.0 Å². The van der Waals surface area contributed by atoms with Crippen LogP contribution in [0.25, 0.3) is 0 Å². The Labute approximate surface area is 134 Å². The predicted octanol–water partition coefficient (Wildman–Crippen LogP) is 2.86. The number of esters is 1. The molecule has 1 N–H and O–H groups in total. The van der Waals surface area contributed by atoms with Gasteiger partial charge in [0.25, 0.3) is 0 Å². The molecule has 1 aromatic carbocycles. The number of nitrogens with one attached hydrogen (secondary N) is 1. The summed E-state index contributed by atoms with van der Waals surface area (Å²) in [5.74, 6) is -0.191. The highest BCUT2D eigenvalue weighted by atomic mass is 79.9. The number of halogens is 1. The van der Waals surface area contributed by atoms with E-state index in [1.807, 2.05) is 0 Å². The molecule has 21 heavy (non-hydrogen) atoms. The van der Waals surface area contributed by atoms with Crippen LogP contribution >= 0.6 is 15.9 Å². The Bertz CT molecular complexity index is 601. The predicted molar refractivity (Wildman–Crippen MR) is 87.5 cm³/mol. The average Bonchev–Trinajstić information content (AvgIpc) is 2.40. The third-order valence-corrected chi connectivity index (χ3v) is 5.37. The number of ether oxygens (including phenoxy) is 1. The largest absolute Gasteiger partial charge is 0.462 e. The second kappa shape index (κ2) is 7.79. The molecular weight excluding hydrogens is 358 g/mol. The Kier molecular flexibility index (Phi) is 6.67. The summed E-state index contributed by atoms with van der Waals surface area (Å²) in [4.78, 5) is 11.6. The molecule has 0 spiro atoms. The molecule has 0 aliphatic heterocycles. The molecule has 1 aromatic rings. The van der Waals surface area contributed by atoms with Gasteiger partial charge in [-0.05, 0) is 48.0 Å². The molecule has 0 saturated carbocycles. The summed E-state index contributed by atoms with van der Waals surface area (Å²) < 4.78 is 28.8. The summed E-state index contributed by atoms with van der Waals surface area (Å²) in [6, 6.07) is 4.80. The highest BCUT2D eigenvalue weighted by Crippen LogP contribution is 2.25. The topological polar surface area (TPSA) is 72.5 Å². The van der Waals surface area contributed by atoms with Crippen LogP contribution in [-0.2, 0) is 14.6 Å². The van der Waals surface area contributed by atoms with Crippen LogP contribution in [0.1, 0.15) is 31.1 Å². The van der Waals surface area contributed by atoms with E-state index in [4.69, 9.17) is 4.74 Å². The lowest BCUT2D eigenvalue weighted by Crippen LogP contribution is -2.26. The van der Waals surface area contributed by atoms with E-state index < -0.39 is 9.84 Å². The van der Waals surface area contributed by atoms with Gasteiger partial charge >= 0.3 is 5.97 Å². The molecule has 0 aromatic heterocycles. The van der Waals surface area contributed by atoms with Crippen molar-refractivity contribution < 1.29 is 17.9 Å². The van der Waals surface area contributed by atoms with Crippen molar-refractivity contribution in [3.8, 4) is 0 Å². The lowest BCUT2D eigenvalue weighted by atomic mass is 10.2. The summed E-state index contributed by atoms with van der Waals surface area (Å²) >= 11 is 3.37. The Morgan fingerprint density at radius 2 is 2.05 bits per heavy atom. The van der Waals surface area contributed by atoms with E-state index in [0.29, 0.717) is 16.6 Å². The van der Waals surface area contributed by atoms with Crippen molar-refractivity contribution in [3.05, 3.63) is 28.2 Å². The van der Waals surface area contributed by atoms with Crippen molar-refractivity contribution >= 4 is 37.4 Å². The first-order valence-electron chi connectivity index (χ1n) is 6.72. The maximum Gasteiger partial charge on any atom is 0.338 e. The van der Waals surface area contributed by atoms with E-state index in [1.165, 1.54) is 0 Å². The number of hydrogen-bond acceptors (Lipinski definition) is 5. The molecule has 5 nitrogen and oxygen atoms in total. The second-order valence-electron chi connectivity index (χ2n) is 4.66. The molecule has 118 valence electrons. The van der Waals surface area contributed by atoms with Crippen LogP contribution in [-0.4, -0.2) is 38.5 Å². The first kappa shape index (κ1) is 18.0. The third-order valence-electron chi connectivity index (χ3n) is 2.83. The molecule has 7 heteroatoms. The standard InChI is InChI=1S/C14H20BrNO4S/c1-4-20-14(17)11-6-7-13(12(15)8-11)16-10(3)9-21(18,19)5-2/h6-8,10,16H,4-5,9H2,1-3H3. The number of hydrogen-bond donors (Lipinski definition) is 1. The minimum atomic E-state index is -3.03. The quantitative estimate of drug-likeness (QED) is 0.739. The molecule has 1 unspecified atom stereocenters. The molecule has 0 heterocycles. The first-order chi connectivity index (χ1) is 9.79. The Hall–Kier alpha value is -1.08. The second-order valence-corrected chi connectivity index (χ2v) is 7.91. The van der Waals surface area contributed by atoms with Crippen molar-refractivity contribution in [2.75, 3.05) is 23.4 Å². The maximum atomic E-state index is 11.6. The molecule has 1 rings (SSSR count). The maximum absolute atomic E-state index is 11.6. The zero-order valence-electron chi connectivity index (χ0n) is 12.3. The monoisotopic (exact) mass is 377 g/mol. The van der Waals surface area contributed by atoms with E-state index >= 15 is 0 Å². The number of carbonyl (C=O) groups excluding carboxylic acids is 1. The van der Waals surface area contributed by atoms with Crippen LogP contribution in [0.3, 0.4) is 0 Å². The summed E-state index contributed by atoms with van der Waals surface area (Å²) in [5.41, 5.74) is 1.19. The van der Waals surface area contributed by atoms with Gasteiger partial charge in [-0.1, -0.05) is 6.92 Å². The van der Waals surface area contributed by atoms with Crippen molar-refractivity contribution in [2.45, 2.75) is 26.8 Å². The van der Waals surface area contributed by atoms with Crippen molar-refractivity contribution in [1.29, 1.82) is 0 Å². The fourth-order valence-corrected chi connectivity index (χ4v) is 3.35. The number of carbonyl (C=O) groups is 1. The van der Waals surface area contributed by atoms with Crippen LogP contribution in [0.4, 0.5) is 5.69 Å². The van der Waals surface area contributed by atoms with Crippen LogP contribution < -0.4 is 5.32 Å². The van der Waals surface area contributed by atoms with Gasteiger partial charge in [0.15, 0.2) is 9.84 Å². The number of rotatable bonds is 7. The lowest BCUT2D eigenvalue weighted by molar-refractivity contribution is 0.0526. The Morgan fingerprint density at radius 1 is 1.38 bits per heavy atom. The van der Waals surface area contributed by atoms with Crippen LogP contribution in [0.2, 0.25) is 0 Å². The molecule has 1 atom stereocenters. The van der Waals surface area contributed by atoms with Gasteiger partial charge in [-0.3, -0.25) is 0 Å². The van der Waals surface area contributed by atoms with Crippen molar-refractivity contribution in [2.24, 2.45) is 0 Å². The van der Waals surface area contributed by atoms with Crippen LogP contribution in [0, 0.1) is 0 Å². The molecule has 0 amide bonds. The first-order valence-corrected chi connectivity index (χ1v) is 9.34. The van der Waals surface area contributed by atoms with Gasteiger partial charge in [-0.2, -0.15) is 0 Å². The SMILES string of the molecule is CCOC(=O)c1ccc(NC(C)CS(=O)(=O)CC)c(Br)c1. The minimum Gasteiger partial charge on any atom is -0.462 e. The lowest BCUT2D eigenvalue weighted by Gasteiger charge is -2.16. The number of anilines is 1. The summed E-state index contributed by atoms with van der Waals surface area (Å²) in [6.07, 6.45) is 0. The fraction of sp³-hybridized carbons (Fsp3) is 0.500. The van der Waals surface area contributed by atoms with E-state index in [-0.39, 0.29) is 23.5 Å². The van der Waals surface area contributed by atoms with Gasteiger partial charge < -0.3 is 10.1 Å². The van der Waals surface area contributed by atoms with Crippen molar-refractivity contribution in [3.63, 3.8) is 0 Å². The molecule has 0 radical (unpaired) electrons. The van der Waals surface area contributed by atoms with E-state index in [1.54, 1.807) is 39.0 Å². The van der Waals surface area contributed by atoms with Crippen molar-refractivity contribution in [1.82, 2.24) is 0 Å². The normalized spacial score (nSPS) is 12.8. The van der Waals surface area contributed by atoms with Gasteiger partial charge in [0.05, 0.1) is 17.9 Å². The van der Waals surface area contributed by atoms with Gasteiger partial charge in [-0.25, -0.2) is 13.2 Å². The third kappa shape index (κ3) is 5.67. The van der Waals surface area contributed by atoms with Gasteiger partial charge in [0.2, 0.25) is 0 Å². The zero-order valence-corrected chi connectivity index (χ0v) is 14.8. The molecule has 0 fully saturated rings. The van der Waals surface area contributed by atoms with Gasteiger partial charge in [0.1, 0.15) is 0 Å². The molecule has 0 aliphatic rings. The number of sulfone groups is 1. The highest BCUT2D eigenvalue weighted by Gasteiger charge is 2.15. The Balaban J connectivity index is 2.79. The average molecular weight is 378 g/mol. The smallest absolute Gasteiger partial charge is 0.338 e. The molecular formula is C14H20BrNO4S. The summed E-state index contributed by atoms with van der Waals surface area (Å²) in [6.45, 7) is 5.51. The van der Waals surface area contributed by atoms with E-state index in [9.17, 15) is 13.2 Å². The van der Waals surface area contributed by atoms with E-state index in [2.05, 4.69) is 21.2 Å². The molecule has 0 saturated heterocycles. The minimum absolute atomic E-state index is 0.0650. The summed E-state index contributed by atoms with van der Waals surface area (Å²) in [7, 11) is -3.03. The van der Waals surface area contributed by atoms with E-state index in [0.717, 1.165) is 5.69 Å². The fourth-order valence-electron chi connectivity index (χ4n) is 1.78. The highest BCUT2D eigenvalue weighted by molar-refractivity contribution is 9.10. The van der Waals surface area contributed by atoms with Crippen LogP contribution in [0.15, 0.2) is 22.7 Å². The van der Waals surface area contributed by atoms with Gasteiger partial charge in [-0.15, -0.1) is 0 Å². The Morgan fingerprint density at radius 3 is 2.57 bits per heavy atom. The summed E-state index contributed by atoms with van der Waals surface area (Å²) in [5, 5.41) is 3.12.